The molecule has 1 aliphatic carbocycles. The van der Waals surface area contributed by atoms with Gasteiger partial charge in [0.1, 0.15) is 5.01 Å². The molecule has 0 aromatic carbocycles. The van der Waals surface area contributed by atoms with Crippen LogP contribution in [0.1, 0.15) is 46.5 Å². The quantitative estimate of drug-likeness (QED) is 0.892. The molecular formula is C12H18N2S2. The van der Waals surface area contributed by atoms with Crippen molar-refractivity contribution in [2.24, 2.45) is 0 Å². The predicted octanol–water partition coefficient (Wildman–Crippen LogP) is 3.27. The fourth-order valence-electron chi connectivity index (χ4n) is 2.05. The molecule has 2 fully saturated rings. The monoisotopic (exact) mass is 254 g/mol. The molecule has 2 nitrogen and oxygen atoms in total. The summed E-state index contributed by atoms with van der Waals surface area (Å²) in [7, 11) is 0. The third kappa shape index (κ3) is 2.44. The average molecular weight is 254 g/mol. The maximum Gasteiger partial charge on any atom is 0.106 e. The van der Waals surface area contributed by atoms with Gasteiger partial charge in [-0.15, -0.1) is 11.3 Å². The number of nitrogens with one attached hydrogen (secondary N) is 1. The zero-order chi connectivity index (χ0) is 11.0. The van der Waals surface area contributed by atoms with Crippen LogP contribution in [-0.2, 0) is 6.54 Å². The summed E-state index contributed by atoms with van der Waals surface area (Å²) in [5.74, 6) is 1.32. The lowest BCUT2D eigenvalue weighted by atomic mass is 10.2. The first-order valence-corrected chi connectivity index (χ1v) is 8.00. The van der Waals surface area contributed by atoms with Gasteiger partial charge in [-0.3, -0.25) is 0 Å². The van der Waals surface area contributed by atoms with Crippen LogP contribution in [0.25, 0.3) is 0 Å². The Bertz CT molecular complexity index is 365. The van der Waals surface area contributed by atoms with Crippen LogP contribution < -0.4 is 5.32 Å². The molecule has 2 aliphatic rings. The van der Waals surface area contributed by atoms with Crippen LogP contribution in [0, 0.1) is 6.92 Å². The Kier molecular flexibility index (Phi) is 3.22. The van der Waals surface area contributed by atoms with Crippen LogP contribution in [0.3, 0.4) is 0 Å². The molecule has 1 saturated carbocycles. The van der Waals surface area contributed by atoms with Gasteiger partial charge in [0, 0.05) is 17.5 Å². The van der Waals surface area contributed by atoms with Gasteiger partial charge >= 0.3 is 0 Å². The fraction of sp³-hybridized carbons (Fsp3) is 0.750. The first kappa shape index (κ1) is 11.1. The highest BCUT2D eigenvalue weighted by Gasteiger charge is 2.24. The van der Waals surface area contributed by atoms with Crippen LogP contribution in [0.5, 0.6) is 0 Å². The van der Waals surface area contributed by atoms with Gasteiger partial charge in [0.15, 0.2) is 0 Å². The number of hydrogen-bond donors (Lipinski definition) is 1. The molecule has 0 spiro atoms. The molecule has 88 valence electrons. The SMILES string of the molecule is Cc1nc(C2CCCS2)sc1CNC1CC1. The molecule has 1 aromatic rings. The van der Waals surface area contributed by atoms with Gasteiger partial charge < -0.3 is 5.32 Å². The summed E-state index contributed by atoms with van der Waals surface area (Å²) in [6.45, 7) is 3.19. The lowest BCUT2D eigenvalue weighted by Gasteiger charge is -2.02. The van der Waals surface area contributed by atoms with Gasteiger partial charge in [-0.1, -0.05) is 0 Å². The van der Waals surface area contributed by atoms with Crippen LogP contribution >= 0.6 is 23.1 Å². The van der Waals surface area contributed by atoms with Crippen molar-refractivity contribution in [1.82, 2.24) is 10.3 Å². The van der Waals surface area contributed by atoms with Crippen molar-refractivity contribution < 1.29 is 0 Å². The van der Waals surface area contributed by atoms with E-state index in [9.17, 15) is 0 Å². The lowest BCUT2D eigenvalue weighted by molar-refractivity contribution is 0.691. The van der Waals surface area contributed by atoms with Gasteiger partial charge in [-0.05, 0) is 38.4 Å². The summed E-state index contributed by atoms with van der Waals surface area (Å²) < 4.78 is 0. The number of thiazole rings is 1. The van der Waals surface area contributed by atoms with Gasteiger partial charge in [0.05, 0.1) is 10.9 Å². The van der Waals surface area contributed by atoms with Gasteiger partial charge in [-0.25, -0.2) is 4.98 Å². The normalized spacial score (nSPS) is 25.2. The smallest absolute Gasteiger partial charge is 0.106 e. The molecule has 1 aromatic heterocycles. The van der Waals surface area contributed by atoms with Gasteiger partial charge in [0.2, 0.25) is 0 Å². The molecule has 3 rings (SSSR count). The summed E-state index contributed by atoms with van der Waals surface area (Å²) in [6.07, 6.45) is 5.42. The lowest BCUT2D eigenvalue weighted by Crippen LogP contribution is -2.14. The van der Waals surface area contributed by atoms with Crippen molar-refractivity contribution >= 4 is 23.1 Å². The second-order valence-corrected chi connectivity index (χ2v) is 7.14. The van der Waals surface area contributed by atoms with E-state index in [-0.39, 0.29) is 0 Å². The Hall–Kier alpha value is -0.0600. The second kappa shape index (κ2) is 4.67. The Morgan fingerprint density at radius 1 is 1.38 bits per heavy atom. The van der Waals surface area contributed by atoms with Crippen molar-refractivity contribution in [3.8, 4) is 0 Å². The third-order valence-electron chi connectivity index (χ3n) is 3.24. The summed E-state index contributed by atoms with van der Waals surface area (Å²) in [6, 6.07) is 0.797. The molecule has 1 atom stereocenters. The van der Waals surface area contributed by atoms with E-state index >= 15 is 0 Å². The molecule has 0 amide bonds. The molecule has 4 heteroatoms. The number of aromatic nitrogens is 1. The molecule has 1 N–H and O–H groups in total. The maximum atomic E-state index is 4.75. The average Bonchev–Trinajstić information content (AvgIpc) is 2.80. The first-order chi connectivity index (χ1) is 7.83. The Balaban J connectivity index is 1.67. The van der Waals surface area contributed by atoms with Crippen LogP contribution in [0.2, 0.25) is 0 Å². The van der Waals surface area contributed by atoms with E-state index in [1.165, 1.54) is 47.0 Å². The van der Waals surface area contributed by atoms with Gasteiger partial charge in [0.25, 0.3) is 0 Å². The summed E-state index contributed by atoms with van der Waals surface area (Å²) >= 11 is 4.01. The molecule has 1 aliphatic heterocycles. The molecule has 0 bridgehead atoms. The predicted molar refractivity (Wildman–Crippen MR) is 71.1 cm³/mol. The Morgan fingerprint density at radius 3 is 2.94 bits per heavy atom. The van der Waals surface area contributed by atoms with Crippen molar-refractivity contribution in [3.63, 3.8) is 0 Å². The molecule has 2 heterocycles. The van der Waals surface area contributed by atoms with E-state index in [0.717, 1.165) is 12.6 Å². The number of rotatable bonds is 4. The minimum atomic E-state index is 0.693. The highest BCUT2D eigenvalue weighted by atomic mass is 32.2. The second-order valence-electron chi connectivity index (χ2n) is 4.72. The van der Waals surface area contributed by atoms with E-state index in [0.29, 0.717) is 5.25 Å². The molecular weight excluding hydrogens is 236 g/mol. The number of thioether (sulfide) groups is 1. The topological polar surface area (TPSA) is 24.9 Å². The first-order valence-electron chi connectivity index (χ1n) is 6.14. The Morgan fingerprint density at radius 2 is 2.25 bits per heavy atom. The zero-order valence-electron chi connectivity index (χ0n) is 9.66. The number of hydrogen-bond acceptors (Lipinski definition) is 4. The molecule has 0 radical (unpaired) electrons. The largest absolute Gasteiger partial charge is 0.309 e. The van der Waals surface area contributed by atoms with Crippen molar-refractivity contribution in [2.75, 3.05) is 5.75 Å². The third-order valence-corrected chi connectivity index (χ3v) is 6.05. The van der Waals surface area contributed by atoms with E-state index in [4.69, 9.17) is 4.98 Å². The van der Waals surface area contributed by atoms with E-state index in [2.05, 4.69) is 24.0 Å². The van der Waals surface area contributed by atoms with E-state index in [1.807, 2.05) is 11.3 Å². The van der Waals surface area contributed by atoms with Gasteiger partial charge in [-0.2, -0.15) is 11.8 Å². The summed E-state index contributed by atoms with van der Waals surface area (Å²) in [4.78, 5) is 6.20. The van der Waals surface area contributed by atoms with Crippen molar-refractivity contribution in [1.29, 1.82) is 0 Å². The Labute approximate surface area is 105 Å². The van der Waals surface area contributed by atoms with Crippen molar-refractivity contribution in [3.05, 3.63) is 15.6 Å². The number of nitrogens with zero attached hydrogens (tertiary/aromatic N) is 1. The standard InChI is InChI=1S/C12H18N2S2/c1-8-11(7-13-9-4-5-9)16-12(14-8)10-3-2-6-15-10/h9-10,13H,2-7H2,1H3. The van der Waals surface area contributed by atoms with Crippen molar-refractivity contribution in [2.45, 2.75) is 50.4 Å². The number of aryl methyl sites for hydroxylation is 1. The fourth-order valence-corrected chi connectivity index (χ4v) is 4.58. The summed E-state index contributed by atoms with van der Waals surface area (Å²) in [5, 5.41) is 5.64. The molecule has 16 heavy (non-hydrogen) atoms. The van der Waals surface area contributed by atoms with Crippen LogP contribution in [0.15, 0.2) is 0 Å². The zero-order valence-corrected chi connectivity index (χ0v) is 11.3. The van der Waals surface area contributed by atoms with E-state index < -0.39 is 0 Å². The highest BCUT2D eigenvalue weighted by Crippen LogP contribution is 2.42. The van der Waals surface area contributed by atoms with E-state index in [1.54, 1.807) is 0 Å². The summed E-state index contributed by atoms with van der Waals surface area (Å²) in [5.41, 5.74) is 1.25. The highest BCUT2D eigenvalue weighted by molar-refractivity contribution is 7.99. The minimum absolute atomic E-state index is 0.693. The van der Waals surface area contributed by atoms with Crippen LogP contribution in [-0.4, -0.2) is 16.8 Å². The minimum Gasteiger partial charge on any atom is -0.309 e. The molecule has 1 unspecified atom stereocenters. The molecule has 1 saturated heterocycles. The van der Waals surface area contributed by atoms with Crippen LogP contribution in [0.4, 0.5) is 0 Å². The maximum absolute atomic E-state index is 4.75.